The Morgan fingerprint density at radius 3 is 3.00 bits per heavy atom. The van der Waals surface area contributed by atoms with Gasteiger partial charge in [0.1, 0.15) is 5.82 Å². The predicted octanol–water partition coefficient (Wildman–Crippen LogP) is 3.18. The van der Waals surface area contributed by atoms with Gasteiger partial charge in [0.25, 0.3) is 0 Å². The zero-order chi connectivity index (χ0) is 13.2. The third-order valence-corrected chi connectivity index (χ3v) is 3.94. The number of aryl methyl sites for hydroxylation is 2. The van der Waals surface area contributed by atoms with Crippen molar-refractivity contribution in [1.82, 2.24) is 19.3 Å². The number of hydrogen-bond acceptors (Lipinski definition) is 3. The van der Waals surface area contributed by atoms with Crippen molar-refractivity contribution >= 4 is 11.3 Å². The van der Waals surface area contributed by atoms with E-state index >= 15 is 0 Å². The molecule has 3 rings (SSSR count). The van der Waals surface area contributed by atoms with Gasteiger partial charge in [-0.1, -0.05) is 6.07 Å². The van der Waals surface area contributed by atoms with Crippen LogP contribution in [0.3, 0.4) is 0 Å². The van der Waals surface area contributed by atoms with Gasteiger partial charge < -0.3 is 4.57 Å². The topological polar surface area (TPSA) is 35.6 Å². The summed E-state index contributed by atoms with van der Waals surface area (Å²) >= 11 is 1.71. The number of rotatable bonds is 4. The zero-order valence-electron chi connectivity index (χ0n) is 11.1. The summed E-state index contributed by atoms with van der Waals surface area (Å²) in [5.41, 5.74) is 2.28. The molecule has 19 heavy (non-hydrogen) atoms. The van der Waals surface area contributed by atoms with E-state index < -0.39 is 0 Å². The van der Waals surface area contributed by atoms with Gasteiger partial charge in [-0.25, -0.2) is 4.98 Å². The summed E-state index contributed by atoms with van der Waals surface area (Å²) in [6.45, 7) is 5.85. The summed E-state index contributed by atoms with van der Waals surface area (Å²) in [5.74, 6) is 1.02. The second-order valence-electron chi connectivity index (χ2n) is 4.45. The van der Waals surface area contributed by atoms with E-state index in [1.807, 2.05) is 24.0 Å². The molecular formula is C14H16N4S. The van der Waals surface area contributed by atoms with E-state index in [-0.39, 0.29) is 0 Å². The number of hydrogen-bond donors (Lipinski definition) is 0. The summed E-state index contributed by atoms with van der Waals surface area (Å²) in [7, 11) is 0. The fraction of sp³-hybridized carbons (Fsp3) is 0.286. The standard InChI is InChI=1S/C14H16N4S/c1-3-18-12(9-11(2)16-18)10-17-7-6-15-14(17)13-5-4-8-19-13/h4-9H,3,10H2,1-2H3. The van der Waals surface area contributed by atoms with Gasteiger partial charge >= 0.3 is 0 Å². The Kier molecular flexibility index (Phi) is 3.21. The summed E-state index contributed by atoms with van der Waals surface area (Å²) in [5, 5.41) is 6.57. The third-order valence-electron chi connectivity index (χ3n) is 3.07. The van der Waals surface area contributed by atoms with Crippen LogP contribution in [0.5, 0.6) is 0 Å². The Morgan fingerprint density at radius 1 is 1.37 bits per heavy atom. The van der Waals surface area contributed by atoms with Gasteiger partial charge in [-0.15, -0.1) is 11.3 Å². The average Bonchev–Trinajstić information content (AvgIpc) is 3.09. The van der Waals surface area contributed by atoms with Crippen LogP contribution in [0.2, 0.25) is 0 Å². The van der Waals surface area contributed by atoms with Crippen molar-refractivity contribution in [2.75, 3.05) is 0 Å². The van der Waals surface area contributed by atoms with E-state index in [9.17, 15) is 0 Å². The van der Waals surface area contributed by atoms with Crippen molar-refractivity contribution in [3.63, 3.8) is 0 Å². The van der Waals surface area contributed by atoms with Gasteiger partial charge in [0.15, 0.2) is 0 Å². The van der Waals surface area contributed by atoms with Gasteiger partial charge in [0.2, 0.25) is 0 Å². The minimum Gasteiger partial charge on any atom is -0.324 e. The molecule has 3 heterocycles. The number of aromatic nitrogens is 4. The quantitative estimate of drug-likeness (QED) is 0.731. The molecule has 0 spiro atoms. The average molecular weight is 272 g/mol. The van der Waals surface area contributed by atoms with Gasteiger partial charge in [-0.3, -0.25) is 4.68 Å². The first kappa shape index (κ1) is 12.2. The fourth-order valence-electron chi connectivity index (χ4n) is 2.24. The van der Waals surface area contributed by atoms with Crippen LogP contribution in [-0.4, -0.2) is 19.3 Å². The molecule has 0 fully saturated rings. The largest absolute Gasteiger partial charge is 0.324 e. The molecular weight excluding hydrogens is 256 g/mol. The fourth-order valence-corrected chi connectivity index (χ4v) is 2.98. The molecule has 0 saturated heterocycles. The van der Waals surface area contributed by atoms with Crippen molar-refractivity contribution in [2.24, 2.45) is 0 Å². The Morgan fingerprint density at radius 2 is 2.26 bits per heavy atom. The van der Waals surface area contributed by atoms with E-state index in [1.54, 1.807) is 11.3 Å². The minimum absolute atomic E-state index is 0.807. The highest BCUT2D eigenvalue weighted by atomic mass is 32.1. The van der Waals surface area contributed by atoms with Crippen LogP contribution in [-0.2, 0) is 13.1 Å². The molecule has 0 unspecified atom stereocenters. The number of thiophene rings is 1. The van der Waals surface area contributed by atoms with Crippen molar-refractivity contribution in [1.29, 1.82) is 0 Å². The van der Waals surface area contributed by atoms with Gasteiger partial charge in [0, 0.05) is 18.9 Å². The zero-order valence-corrected chi connectivity index (χ0v) is 11.9. The molecule has 0 aliphatic heterocycles. The second kappa shape index (κ2) is 5.01. The molecule has 0 atom stereocenters. The lowest BCUT2D eigenvalue weighted by atomic mass is 10.3. The summed E-state index contributed by atoms with van der Waals surface area (Å²) in [4.78, 5) is 5.66. The predicted molar refractivity (Wildman–Crippen MR) is 77.3 cm³/mol. The van der Waals surface area contributed by atoms with Crippen molar-refractivity contribution in [3.05, 3.63) is 47.4 Å². The number of nitrogens with zero attached hydrogens (tertiary/aromatic N) is 4. The summed E-state index contributed by atoms with van der Waals surface area (Å²) in [6, 6.07) is 6.30. The molecule has 0 N–H and O–H groups in total. The number of imidazole rings is 1. The lowest BCUT2D eigenvalue weighted by Crippen LogP contribution is -2.08. The van der Waals surface area contributed by atoms with Gasteiger partial charge in [-0.05, 0) is 31.4 Å². The lowest BCUT2D eigenvalue weighted by molar-refractivity contribution is 0.598. The maximum atomic E-state index is 4.49. The molecule has 3 aromatic rings. The SMILES string of the molecule is CCn1nc(C)cc1Cn1ccnc1-c1cccs1. The van der Waals surface area contributed by atoms with Crippen LogP contribution < -0.4 is 0 Å². The molecule has 98 valence electrons. The smallest absolute Gasteiger partial charge is 0.150 e. The van der Waals surface area contributed by atoms with E-state index in [4.69, 9.17) is 0 Å². The molecule has 0 aliphatic carbocycles. The van der Waals surface area contributed by atoms with E-state index in [2.05, 4.69) is 45.2 Å². The Labute approximate surface area is 116 Å². The van der Waals surface area contributed by atoms with Crippen LogP contribution in [0.25, 0.3) is 10.7 Å². The van der Waals surface area contributed by atoms with Crippen LogP contribution in [0.4, 0.5) is 0 Å². The highest BCUT2D eigenvalue weighted by molar-refractivity contribution is 7.13. The van der Waals surface area contributed by atoms with Crippen LogP contribution in [0.15, 0.2) is 36.0 Å². The highest BCUT2D eigenvalue weighted by Crippen LogP contribution is 2.23. The minimum atomic E-state index is 0.807. The molecule has 0 bridgehead atoms. The normalized spacial score (nSPS) is 11.1. The van der Waals surface area contributed by atoms with Crippen molar-refractivity contribution < 1.29 is 0 Å². The molecule has 0 radical (unpaired) electrons. The molecule has 3 aromatic heterocycles. The van der Waals surface area contributed by atoms with Crippen LogP contribution in [0.1, 0.15) is 18.3 Å². The third kappa shape index (κ3) is 2.33. The highest BCUT2D eigenvalue weighted by Gasteiger charge is 2.10. The monoisotopic (exact) mass is 272 g/mol. The van der Waals surface area contributed by atoms with Gasteiger partial charge in [-0.2, -0.15) is 5.10 Å². The molecule has 0 saturated carbocycles. The van der Waals surface area contributed by atoms with Gasteiger partial charge in [0.05, 0.1) is 22.8 Å². The molecule has 0 amide bonds. The van der Waals surface area contributed by atoms with E-state index in [0.717, 1.165) is 24.6 Å². The Hall–Kier alpha value is -1.88. The van der Waals surface area contributed by atoms with Crippen LogP contribution >= 0.6 is 11.3 Å². The van der Waals surface area contributed by atoms with Crippen molar-refractivity contribution in [3.8, 4) is 10.7 Å². The Bertz CT molecular complexity index is 664. The first-order chi connectivity index (χ1) is 9.28. The van der Waals surface area contributed by atoms with Crippen LogP contribution in [0, 0.1) is 6.92 Å². The summed E-state index contributed by atoms with van der Waals surface area (Å²) in [6.07, 6.45) is 3.88. The molecule has 4 nitrogen and oxygen atoms in total. The first-order valence-corrected chi connectivity index (χ1v) is 7.24. The Balaban J connectivity index is 1.94. The first-order valence-electron chi connectivity index (χ1n) is 6.36. The molecule has 0 aromatic carbocycles. The second-order valence-corrected chi connectivity index (χ2v) is 5.40. The maximum Gasteiger partial charge on any atom is 0.150 e. The van der Waals surface area contributed by atoms with E-state index in [1.165, 1.54) is 10.6 Å². The molecule has 5 heteroatoms. The maximum absolute atomic E-state index is 4.49. The van der Waals surface area contributed by atoms with E-state index in [0.29, 0.717) is 0 Å². The lowest BCUT2D eigenvalue weighted by Gasteiger charge is -2.08. The van der Waals surface area contributed by atoms with Crippen molar-refractivity contribution in [2.45, 2.75) is 26.9 Å². The summed E-state index contributed by atoms with van der Waals surface area (Å²) < 4.78 is 4.22. The molecule has 0 aliphatic rings.